The fourth-order valence-corrected chi connectivity index (χ4v) is 6.32. The maximum Gasteiger partial charge on any atom is 0.0783 e. The third-order valence-electron chi connectivity index (χ3n) is 8.11. The Balaban J connectivity index is 1.47. The van der Waals surface area contributed by atoms with Gasteiger partial charge in [0.05, 0.1) is 5.69 Å². The highest BCUT2D eigenvalue weighted by Gasteiger charge is 2.29. The lowest BCUT2D eigenvalue weighted by Crippen LogP contribution is -1.98. The minimum atomic E-state index is 0.712. The Hall–Kier alpha value is -2.93. The summed E-state index contributed by atoms with van der Waals surface area (Å²) in [7, 11) is 0. The molecule has 0 spiro atoms. The van der Waals surface area contributed by atoms with Crippen molar-refractivity contribution in [1.82, 2.24) is 4.98 Å². The molecule has 3 aromatic carbocycles. The number of rotatable bonds is 3. The molecule has 0 saturated heterocycles. The second kappa shape index (κ2) is 7.04. The zero-order chi connectivity index (χ0) is 21.2. The van der Waals surface area contributed by atoms with Gasteiger partial charge in [0, 0.05) is 17.1 Å². The van der Waals surface area contributed by atoms with E-state index in [-0.39, 0.29) is 0 Å². The first-order valence-electron chi connectivity index (χ1n) is 12.4. The monoisotopic (exact) mass is 415 g/mol. The van der Waals surface area contributed by atoms with Gasteiger partial charge in [-0.1, -0.05) is 55.3 Å². The van der Waals surface area contributed by atoms with Crippen molar-refractivity contribution in [3.8, 4) is 22.4 Å². The summed E-state index contributed by atoms with van der Waals surface area (Å²) in [6, 6.07) is 21.0. The lowest BCUT2D eigenvalue weighted by Gasteiger charge is -2.17. The molecule has 0 aliphatic heterocycles. The number of aromatic nitrogens is 1. The van der Waals surface area contributed by atoms with Gasteiger partial charge in [0.25, 0.3) is 0 Å². The number of hydrogen-bond donors (Lipinski definition) is 0. The molecule has 1 nitrogen and oxygen atoms in total. The standard InChI is InChI=1S/C31H29N/c1-19-14-26-24-9-5-4-8-23(24)17-27(26)28(15-19)31-29-16-22(20-6-2-3-7-20)12-13-25(29)30(18-32-31)21-10-11-21/h4-5,8-9,12-16,18,20-21H,2-3,6-7,10-11,17H2,1H3. The Bertz CT molecular complexity index is 1370. The fraction of sp³-hybridized carbons (Fsp3) is 0.323. The third kappa shape index (κ3) is 2.87. The summed E-state index contributed by atoms with van der Waals surface area (Å²) in [5, 5.41) is 2.81. The van der Waals surface area contributed by atoms with E-state index < -0.39 is 0 Å². The van der Waals surface area contributed by atoms with Crippen molar-refractivity contribution < 1.29 is 0 Å². The van der Waals surface area contributed by atoms with Gasteiger partial charge in [0.1, 0.15) is 0 Å². The summed E-state index contributed by atoms with van der Waals surface area (Å²) in [5.74, 6) is 1.44. The number of fused-ring (bicyclic) bond motifs is 4. The molecule has 0 amide bonds. The van der Waals surface area contributed by atoms with Crippen LogP contribution in [0.2, 0.25) is 0 Å². The highest BCUT2D eigenvalue weighted by Crippen LogP contribution is 2.47. The predicted molar refractivity (Wildman–Crippen MR) is 133 cm³/mol. The minimum Gasteiger partial charge on any atom is -0.255 e. The maximum atomic E-state index is 5.19. The van der Waals surface area contributed by atoms with Crippen molar-refractivity contribution in [3.05, 3.63) is 88.6 Å². The number of pyridine rings is 1. The molecule has 3 aliphatic carbocycles. The van der Waals surface area contributed by atoms with Crippen molar-refractivity contribution in [2.24, 2.45) is 0 Å². The average molecular weight is 416 g/mol. The van der Waals surface area contributed by atoms with Crippen molar-refractivity contribution in [2.45, 2.75) is 63.7 Å². The van der Waals surface area contributed by atoms with Crippen LogP contribution in [-0.2, 0) is 6.42 Å². The molecule has 0 N–H and O–H groups in total. The van der Waals surface area contributed by atoms with E-state index in [2.05, 4.69) is 67.7 Å². The zero-order valence-electron chi connectivity index (χ0n) is 18.8. The molecule has 0 unspecified atom stereocenters. The highest BCUT2D eigenvalue weighted by molar-refractivity contribution is 5.99. The Morgan fingerprint density at radius 1 is 0.750 bits per heavy atom. The molecule has 2 fully saturated rings. The van der Waals surface area contributed by atoms with Crippen LogP contribution in [0.4, 0.5) is 0 Å². The van der Waals surface area contributed by atoms with Crippen LogP contribution in [0, 0.1) is 6.92 Å². The number of benzene rings is 3. The first-order valence-corrected chi connectivity index (χ1v) is 12.4. The van der Waals surface area contributed by atoms with Crippen molar-refractivity contribution >= 4 is 10.8 Å². The van der Waals surface area contributed by atoms with Crippen LogP contribution in [-0.4, -0.2) is 4.98 Å². The first-order chi connectivity index (χ1) is 15.8. The fourth-order valence-electron chi connectivity index (χ4n) is 6.32. The molecule has 32 heavy (non-hydrogen) atoms. The van der Waals surface area contributed by atoms with Crippen molar-refractivity contribution in [1.29, 1.82) is 0 Å². The molecule has 3 aliphatic rings. The predicted octanol–water partition coefficient (Wildman–Crippen LogP) is 8.32. The maximum absolute atomic E-state index is 5.19. The van der Waals surface area contributed by atoms with Gasteiger partial charge in [-0.2, -0.15) is 0 Å². The molecule has 0 bridgehead atoms. The zero-order valence-corrected chi connectivity index (χ0v) is 18.8. The van der Waals surface area contributed by atoms with Crippen LogP contribution >= 0.6 is 0 Å². The van der Waals surface area contributed by atoms with Gasteiger partial charge in [0.2, 0.25) is 0 Å². The van der Waals surface area contributed by atoms with Gasteiger partial charge in [0.15, 0.2) is 0 Å². The summed E-state index contributed by atoms with van der Waals surface area (Å²) in [4.78, 5) is 5.19. The van der Waals surface area contributed by atoms with Gasteiger partial charge in [-0.3, -0.25) is 4.98 Å². The molecule has 1 heterocycles. The van der Waals surface area contributed by atoms with Crippen molar-refractivity contribution in [3.63, 3.8) is 0 Å². The molecular formula is C31H29N. The van der Waals surface area contributed by atoms with Crippen LogP contribution in [0.3, 0.4) is 0 Å². The second-order valence-corrected chi connectivity index (χ2v) is 10.3. The van der Waals surface area contributed by atoms with Gasteiger partial charge in [-0.05, 0) is 107 Å². The van der Waals surface area contributed by atoms with E-state index in [9.17, 15) is 0 Å². The highest BCUT2D eigenvalue weighted by atomic mass is 14.7. The quantitative estimate of drug-likeness (QED) is 0.289. The molecule has 1 heteroatoms. The van der Waals surface area contributed by atoms with E-state index in [0.717, 1.165) is 12.3 Å². The van der Waals surface area contributed by atoms with Crippen LogP contribution in [0.25, 0.3) is 33.2 Å². The van der Waals surface area contributed by atoms with E-state index in [1.165, 1.54) is 99.5 Å². The Labute approximate surface area is 190 Å². The van der Waals surface area contributed by atoms with Gasteiger partial charge >= 0.3 is 0 Å². The lowest BCUT2D eigenvalue weighted by atomic mass is 9.89. The molecular weight excluding hydrogens is 386 g/mol. The molecule has 0 radical (unpaired) electrons. The Morgan fingerprint density at radius 3 is 2.41 bits per heavy atom. The van der Waals surface area contributed by atoms with Crippen LogP contribution in [0.5, 0.6) is 0 Å². The molecule has 2 saturated carbocycles. The van der Waals surface area contributed by atoms with E-state index in [1.807, 2.05) is 0 Å². The van der Waals surface area contributed by atoms with E-state index in [4.69, 9.17) is 4.98 Å². The second-order valence-electron chi connectivity index (χ2n) is 10.3. The minimum absolute atomic E-state index is 0.712. The summed E-state index contributed by atoms with van der Waals surface area (Å²) in [6.45, 7) is 2.23. The molecule has 7 rings (SSSR count). The topological polar surface area (TPSA) is 12.9 Å². The Morgan fingerprint density at radius 2 is 1.56 bits per heavy atom. The van der Waals surface area contributed by atoms with Crippen LogP contribution < -0.4 is 0 Å². The molecule has 4 aromatic rings. The van der Waals surface area contributed by atoms with E-state index in [0.29, 0.717) is 5.92 Å². The smallest absolute Gasteiger partial charge is 0.0783 e. The normalized spacial score (nSPS) is 17.7. The number of hydrogen-bond acceptors (Lipinski definition) is 1. The third-order valence-corrected chi connectivity index (χ3v) is 8.11. The summed E-state index contributed by atoms with van der Waals surface area (Å²) < 4.78 is 0. The summed E-state index contributed by atoms with van der Waals surface area (Å²) >= 11 is 0. The van der Waals surface area contributed by atoms with E-state index >= 15 is 0 Å². The summed E-state index contributed by atoms with van der Waals surface area (Å²) in [5.41, 5.74) is 12.6. The number of aryl methyl sites for hydroxylation is 1. The van der Waals surface area contributed by atoms with Crippen molar-refractivity contribution in [2.75, 3.05) is 0 Å². The SMILES string of the molecule is Cc1cc2c(c(-c3ncc(C4CC4)c4ccc(C5CCCC5)cc34)c1)Cc1ccccc1-2. The van der Waals surface area contributed by atoms with Crippen LogP contribution in [0.15, 0.2) is 60.8 Å². The largest absolute Gasteiger partial charge is 0.255 e. The summed E-state index contributed by atoms with van der Waals surface area (Å²) in [6.07, 6.45) is 11.3. The van der Waals surface area contributed by atoms with Gasteiger partial charge in [-0.25, -0.2) is 0 Å². The van der Waals surface area contributed by atoms with Gasteiger partial charge in [-0.15, -0.1) is 0 Å². The average Bonchev–Trinajstić information content (AvgIpc) is 3.37. The lowest BCUT2D eigenvalue weighted by molar-refractivity contribution is 0.724. The van der Waals surface area contributed by atoms with Crippen LogP contribution in [0.1, 0.15) is 78.2 Å². The Kier molecular flexibility index (Phi) is 4.09. The number of nitrogens with zero attached hydrogens (tertiary/aromatic N) is 1. The van der Waals surface area contributed by atoms with E-state index in [1.54, 1.807) is 0 Å². The first kappa shape index (κ1) is 18.6. The molecule has 158 valence electrons. The molecule has 1 aromatic heterocycles. The van der Waals surface area contributed by atoms with Gasteiger partial charge < -0.3 is 0 Å². The molecule has 0 atom stereocenters.